The second-order valence-electron chi connectivity index (χ2n) is 6.61. The van der Waals surface area contributed by atoms with Gasteiger partial charge in [-0.15, -0.1) is 0 Å². The van der Waals surface area contributed by atoms with Crippen LogP contribution >= 0.6 is 0 Å². The van der Waals surface area contributed by atoms with Gasteiger partial charge in [-0.25, -0.2) is 21.6 Å². The molecule has 1 unspecified atom stereocenters. The highest BCUT2D eigenvalue weighted by atomic mass is 32.2. The smallest absolute Gasteiger partial charge is 0.273 e. The molecule has 28 heavy (non-hydrogen) atoms. The van der Waals surface area contributed by atoms with Crippen LogP contribution in [0.4, 0.5) is 18.9 Å². The Hall–Kier alpha value is -2.10. The number of hydrogen-bond donors (Lipinski definition) is 1. The summed E-state index contributed by atoms with van der Waals surface area (Å²) in [5, 5.41) is 9.79. The number of sulfonamides is 1. The van der Waals surface area contributed by atoms with Gasteiger partial charge in [0.15, 0.2) is 5.60 Å². The lowest BCUT2D eigenvalue weighted by Gasteiger charge is -2.35. The number of aliphatic hydroxyl groups is 1. The van der Waals surface area contributed by atoms with Crippen molar-refractivity contribution in [3.63, 3.8) is 0 Å². The molecule has 0 aliphatic carbocycles. The predicted molar refractivity (Wildman–Crippen MR) is 99.7 cm³/mol. The monoisotopic (exact) mass is 414 g/mol. The fourth-order valence-electron chi connectivity index (χ4n) is 3.15. The van der Waals surface area contributed by atoms with E-state index in [4.69, 9.17) is 0 Å². The molecule has 0 aromatic heterocycles. The molecule has 9 heteroatoms. The maximum atomic E-state index is 13.0. The Balaban J connectivity index is 1.69. The molecule has 5 nitrogen and oxygen atoms in total. The minimum atomic E-state index is -3.56. The highest BCUT2D eigenvalue weighted by Crippen LogP contribution is 2.31. The van der Waals surface area contributed by atoms with Crippen molar-refractivity contribution >= 4 is 15.7 Å². The van der Waals surface area contributed by atoms with Gasteiger partial charge in [0.1, 0.15) is 6.67 Å². The molecule has 2 aromatic carbocycles. The second kappa shape index (κ2) is 8.10. The number of alkyl halides is 3. The van der Waals surface area contributed by atoms with Crippen molar-refractivity contribution in [1.29, 1.82) is 0 Å². The van der Waals surface area contributed by atoms with Gasteiger partial charge < -0.3 is 10.0 Å². The molecule has 0 saturated carbocycles. The molecule has 1 saturated heterocycles. The summed E-state index contributed by atoms with van der Waals surface area (Å²) in [4.78, 5) is 2.16. The number of rotatable bonds is 6. The first-order chi connectivity index (χ1) is 13.3. The zero-order valence-corrected chi connectivity index (χ0v) is 15.8. The van der Waals surface area contributed by atoms with E-state index in [-0.39, 0.29) is 23.5 Å². The van der Waals surface area contributed by atoms with Crippen LogP contribution in [0, 0.1) is 0 Å². The van der Waals surface area contributed by atoms with E-state index in [1.54, 1.807) is 30.3 Å². The first-order valence-electron chi connectivity index (χ1n) is 8.76. The first kappa shape index (κ1) is 20.6. The fourth-order valence-corrected chi connectivity index (χ4v) is 4.59. The summed E-state index contributed by atoms with van der Waals surface area (Å²) in [7, 11) is -3.56. The van der Waals surface area contributed by atoms with Crippen LogP contribution in [0.3, 0.4) is 0 Å². The van der Waals surface area contributed by atoms with Gasteiger partial charge in [0.05, 0.1) is 4.90 Å². The zero-order valence-electron chi connectivity index (χ0n) is 15.0. The third-order valence-electron chi connectivity index (χ3n) is 4.92. The standard InChI is InChI=1S/C19H21F3N2O3S/c20-14-19(25,18(21)22)15-6-8-16(9-7-15)23-10-12-24(13-11-23)28(26,27)17-4-2-1-3-5-17/h1-9,18,25H,10-14H2. The van der Waals surface area contributed by atoms with Gasteiger partial charge in [-0.1, -0.05) is 30.3 Å². The Kier molecular flexibility index (Phi) is 5.97. The summed E-state index contributed by atoms with van der Waals surface area (Å²) >= 11 is 0. The van der Waals surface area contributed by atoms with Gasteiger partial charge in [0, 0.05) is 31.9 Å². The van der Waals surface area contributed by atoms with Crippen LogP contribution in [0.5, 0.6) is 0 Å². The third kappa shape index (κ3) is 3.87. The number of benzene rings is 2. The van der Waals surface area contributed by atoms with E-state index >= 15 is 0 Å². The molecule has 1 aliphatic rings. The van der Waals surface area contributed by atoms with Crippen molar-refractivity contribution in [2.45, 2.75) is 16.9 Å². The van der Waals surface area contributed by atoms with Gasteiger partial charge >= 0.3 is 0 Å². The molecule has 0 spiro atoms. The van der Waals surface area contributed by atoms with Crippen LogP contribution in [0.25, 0.3) is 0 Å². The quantitative estimate of drug-likeness (QED) is 0.790. The topological polar surface area (TPSA) is 60.9 Å². The first-order valence-corrected chi connectivity index (χ1v) is 10.2. The van der Waals surface area contributed by atoms with Crippen LogP contribution in [0.1, 0.15) is 5.56 Å². The Morgan fingerprint density at radius 2 is 1.54 bits per heavy atom. The lowest BCUT2D eigenvalue weighted by atomic mass is 9.95. The molecule has 1 N–H and O–H groups in total. The molecule has 3 rings (SSSR count). The molecular weight excluding hydrogens is 393 g/mol. The molecule has 1 fully saturated rings. The number of hydrogen-bond acceptors (Lipinski definition) is 4. The molecule has 1 atom stereocenters. The zero-order chi connectivity index (χ0) is 20.4. The summed E-state index contributed by atoms with van der Waals surface area (Å²) < 4.78 is 65.6. The van der Waals surface area contributed by atoms with Gasteiger partial charge in [-0.2, -0.15) is 4.31 Å². The number of halogens is 3. The number of piperazine rings is 1. The Morgan fingerprint density at radius 3 is 2.04 bits per heavy atom. The van der Waals surface area contributed by atoms with Gasteiger partial charge in [0.25, 0.3) is 6.43 Å². The molecule has 0 bridgehead atoms. The van der Waals surface area contributed by atoms with Crippen molar-refractivity contribution in [1.82, 2.24) is 4.31 Å². The lowest BCUT2D eigenvalue weighted by molar-refractivity contribution is -0.114. The van der Waals surface area contributed by atoms with Crippen LogP contribution in [-0.4, -0.2) is 57.1 Å². The largest absolute Gasteiger partial charge is 0.377 e. The number of anilines is 1. The molecular formula is C19H21F3N2O3S. The van der Waals surface area contributed by atoms with Crippen LogP contribution in [-0.2, 0) is 15.6 Å². The molecule has 152 valence electrons. The van der Waals surface area contributed by atoms with E-state index in [1.165, 1.54) is 28.6 Å². The summed E-state index contributed by atoms with van der Waals surface area (Å²) in [5.74, 6) is 0. The third-order valence-corrected chi connectivity index (χ3v) is 6.83. The van der Waals surface area contributed by atoms with Crippen LogP contribution in [0.2, 0.25) is 0 Å². The molecule has 0 radical (unpaired) electrons. The van der Waals surface area contributed by atoms with E-state index in [9.17, 15) is 26.7 Å². The van der Waals surface area contributed by atoms with Gasteiger partial charge in [-0.05, 0) is 29.8 Å². The maximum absolute atomic E-state index is 13.0. The summed E-state index contributed by atoms with van der Waals surface area (Å²) in [6.45, 7) is -0.170. The minimum absolute atomic E-state index is 0.195. The van der Waals surface area contributed by atoms with Crippen molar-refractivity contribution < 1.29 is 26.7 Å². The Morgan fingerprint density at radius 1 is 0.964 bits per heavy atom. The van der Waals surface area contributed by atoms with E-state index in [0.717, 1.165) is 0 Å². The van der Waals surface area contributed by atoms with Crippen molar-refractivity contribution in [3.8, 4) is 0 Å². The highest BCUT2D eigenvalue weighted by Gasteiger charge is 2.40. The van der Waals surface area contributed by atoms with E-state index in [2.05, 4.69) is 0 Å². The fraction of sp³-hybridized carbons (Fsp3) is 0.368. The molecule has 1 heterocycles. The summed E-state index contributed by atoms with van der Waals surface area (Å²) in [6.07, 6.45) is -3.24. The van der Waals surface area contributed by atoms with Gasteiger partial charge in [0.2, 0.25) is 10.0 Å². The van der Waals surface area contributed by atoms with Crippen molar-refractivity contribution in [3.05, 3.63) is 60.2 Å². The average Bonchev–Trinajstić information content (AvgIpc) is 2.74. The molecule has 1 aliphatic heterocycles. The Labute approximate surface area is 162 Å². The minimum Gasteiger partial charge on any atom is -0.377 e. The lowest BCUT2D eigenvalue weighted by Crippen LogP contribution is -2.48. The average molecular weight is 414 g/mol. The summed E-state index contributed by atoms with van der Waals surface area (Å²) in [6, 6.07) is 13.8. The number of nitrogens with zero attached hydrogens (tertiary/aromatic N) is 2. The second-order valence-corrected chi connectivity index (χ2v) is 8.55. The Bertz CT molecular complexity index is 886. The predicted octanol–water partition coefficient (Wildman–Crippen LogP) is 2.62. The normalized spacial score (nSPS) is 18.2. The van der Waals surface area contributed by atoms with E-state index in [0.29, 0.717) is 18.8 Å². The van der Waals surface area contributed by atoms with Crippen molar-refractivity contribution in [2.24, 2.45) is 0 Å². The van der Waals surface area contributed by atoms with Crippen molar-refractivity contribution in [2.75, 3.05) is 37.8 Å². The SMILES string of the molecule is O=S(=O)(c1ccccc1)N1CCN(c2ccc(C(O)(CF)C(F)F)cc2)CC1. The maximum Gasteiger partial charge on any atom is 0.273 e. The highest BCUT2D eigenvalue weighted by molar-refractivity contribution is 7.89. The van der Waals surface area contributed by atoms with Crippen LogP contribution in [0.15, 0.2) is 59.5 Å². The summed E-state index contributed by atoms with van der Waals surface area (Å²) in [5.41, 5.74) is -2.32. The van der Waals surface area contributed by atoms with Gasteiger partial charge in [-0.3, -0.25) is 0 Å². The van der Waals surface area contributed by atoms with Crippen LogP contribution < -0.4 is 4.90 Å². The van der Waals surface area contributed by atoms with E-state index < -0.39 is 28.7 Å². The molecule has 0 amide bonds. The van der Waals surface area contributed by atoms with E-state index in [1.807, 2.05) is 4.90 Å². The molecule has 2 aromatic rings.